The van der Waals surface area contributed by atoms with E-state index in [4.69, 9.17) is 17.3 Å². The molecule has 1 fully saturated rings. The highest BCUT2D eigenvalue weighted by Gasteiger charge is 2.18. The highest BCUT2D eigenvalue weighted by atomic mass is 35.5. The Morgan fingerprint density at radius 3 is 2.95 bits per heavy atom. The predicted molar refractivity (Wildman–Crippen MR) is 80.1 cm³/mol. The van der Waals surface area contributed by atoms with E-state index in [2.05, 4.69) is 12.2 Å². The van der Waals surface area contributed by atoms with E-state index in [1.807, 2.05) is 0 Å². The quantitative estimate of drug-likeness (QED) is 0.787. The van der Waals surface area contributed by atoms with E-state index >= 15 is 0 Å². The second-order valence-corrected chi connectivity index (χ2v) is 6.11. The molecule has 106 valence electrons. The number of nitrogens with two attached hydrogens (primary N) is 1. The van der Waals surface area contributed by atoms with Gasteiger partial charge in [-0.1, -0.05) is 37.8 Å². The number of nitrogen functional groups attached to an aromatic ring is 1. The molecule has 0 aliphatic heterocycles. The average molecular weight is 285 g/mol. The summed E-state index contributed by atoms with van der Waals surface area (Å²) in [7, 11) is 0. The summed E-state index contributed by atoms with van der Waals surface area (Å²) in [4.78, 5) is 0. The number of hydrogen-bond acceptors (Lipinski definition) is 2. The normalized spacial score (nSPS) is 23.3. The van der Waals surface area contributed by atoms with Crippen LogP contribution in [0.3, 0.4) is 0 Å². The zero-order chi connectivity index (χ0) is 13.8. The molecule has 2 nitrogen and oxygen atoms in total. The van der Waals surface area contributed by atoms with Gasteiger partial charge in [0.05, 0.1) is 16.4 Å². The summed E-state index contributed by atoms with van der Waals surface area (Å²) in [6, 6.07) is 2.84. The number of benzene rings is 1. The molecular weight excluding hydrogens is 263 g/mol. The van der Waals surface area contributed by atoms with Gasteiger partial charge in [0.25, 0.3) is 0 Å². The lowest BCUT2D eigenvalue weighted by Gasteiger charge is -2.26. The van der Waals surface area contributed by atoms with Gasteiger partial charge in [-0.05, 0) is 30.7 Å². The summed E-state index contributed by atoms with van der Waals surface area (Å²) in [5, 5.41) is 3.38. The molecule has 1 aromatic rings. The first-order chi connectivity index (χ1) is 9.06. The fourth-order valence-corrected chi connectivity index (χ4v) is 3.11. The van der Waals surface area contributed by atoms with Crippen LogP contribution in [-0.4, -0.2) is 6.54 Å². The lowest BCUT2D eigenvalue weighted by Crippen LogP contribution is -2.17. The maximum absolute atomic E-state index is 13.2. The maximum Gasteiger partial charge on any atom is 0.143 e. The summed E-state index contributed by atoms with van der Waals surface area (Å²) < 4.78 is 13.2. The minimum absolute atomic E-state index is 0.114. The van der Waals surface area contributed by atoms with Gasteiger partial charge in [0.15, 0.2) is 0 Å². The van der Waals surface area contributed by atoms with E-state index in [0.717, 1.165) is 30.5 Å². The van der Waals surface area contributed by atoms with Crippen molar-refractivity contribution in [2.75, 3.05) is 17.6 Å². The van der Waals surface area contributed by atoms with Crippen molar-refractivity contribution in [1.29, 1.82) is 0 Å². The van der Waals surface area contributed by atoms with Crippen LogP contribution in [0, 0.1) is 17.7 Å². The van der Waals surface area contributed by atoms with Crippen molar-refractivity contribution >= 4 is 23.0 Å². The summed E-state index contributed by atoms with van der Waals surface area (Å²) in [6.07, 6.45) is 6.49. The smallest absolute Gasteiger partial charge is 0.143 e. The van der Waals surface area contributed by atoms with Crippen molar-refractivity contribution in [2.24, 2.45) is 11.8 Å². The Kier molecular flexibility index (Phi) is 4.92. The van der Waals surface area contributed by atoms with E-state index in [0.29, 0.717) is 5.69 Å². The highest BCUT2D eigenvalue weighted by molar-refractivity contribution is 6.31. The summed E-state index contributed by atoms with van der Waals surface area (Å²) in [6.45, 7) is 3.20. The van der Waals surface area contributed by atoms with Crippen LogP contribution >= 0.6 is 11.6 Å². The van der Waals surface area contributed by atoms with E-state index in [1.165, 1.54) is 31.7 Å². The zero-order valence-electron chi connectivity index (χ0n) is 11.4. The van der Waals surface area contributed by atoms with Crippen molar-refractivity contribution in [1.82, 2.24) is 0 Å². The van der Waals surface area contributed by atoms with Crippen LogP contribution in [0.2, 0.25) is 5.02 Å². The molecule has 0 aromatic heterocycles. The SMILES string of the molecule is CC1CCCC(CCNc2cc(Cl)c(F)cc2N)C1. The molecular formula is C15H22ClFN2. The molecule has 2 unspecified atom stereocenters. The zero-order valence-corrected chi connectivity index (χ0v) is 12.1. The molecule has 4 heteroatoms. The summed E-state index contributed by atoms with van der Waals surface area (Å²) in [5.41, 5.74) is 6.92. The third-order valence-electron chi connectivity index (χ3n) is 4.01. The van der Waals surface area contributed by atoms with Crippen LogP contribution in [0.1, 0.15) is 39.0 Å². The second kappa shape index (κ2) is 6.47. The van der Waals surface area contributed by atoms with Crippen LogP contribution in [-0.2, 0) is 0 Å². The Morgan fingerprint density at radius 2 is 2.21 bits per heavy atom. The van der Waals surface area contributed by atoms with Crippen LogP contribution in [0.25, 0.3) is 0 Å². The van der Waals surface area contributed by atoms with Crippen LogP contribution in [0.5, 0.6) is 0 Å². The first kappa shape index (κ1) is 14.4. The largest absolute Gasteiger partial charge is 0.397 e. The Labute approximate surface area is 119 Å². The number of halogens is 2. The van der Waals surface area contributed by atoms with Crippen molar-refractivity contribution < 1.29 is 4.39 Å². The molecule has 19 heavy (non-hydrogen) atoms. The standard InChI is InChI=1S/C15H22ClFN2/c1-10-3-2-4-11(7-10)5-6-19-15-8-12(16)13(17)9-14(15)18/h8-11,19H,2-7,18H2,1H3. The number of rotatable bonds is 4. The third kappa shape index (κ3) is 4.00. The van der Waals surface area contributed by atoms with Crippen LogP contribution < -0.4 is 11.1 Å². The van der Waals surface area contributed by atoms with E-state index in [9.17, 15) is 4.39 Å². The molecule has 0 amide bonds. The maximum atomic E-state index is 13.2. The van der Waals surface area contributed by atoms with Gasteiger partial charge in [0.2, 0.25) is 0 Å². The number of nitrogens with one attached hydrogen (secondary N) is 1. The van der Waals surface area contributed by atoms with Crippen molar-refractivity contribution in [3.05, 3.63) is 23.0 Å². The Balaban J connectivity index is 1.84. The highest BCUT2D eigenvalue weighted by Crippen LogP contribution is 2.31. The average Bonchev–Trinajstić information content (AvgIpc) is 2.35. The van der Waals surface area contributed by atoms with Gasteiger partial charge in [-0.2, -0.15) is 0 Å². The molecule has 0 saturated heterocycles. The number of hydrogen-bond donors (Lipinski definition) is 2. The summed E-state index contributed by atoms with van der Waals surface area (Å²) in [5.74, 6) is 1.18. The molecule has 2 rings (SSSR count). The fraction of sp³-hybridized carbons (Fsp3) is 0.600. The van der Waals surface area contributed by atoms with E-state index in [1.54, 1.807) is 6.07 Å². The van der Waals surface area contributed by atoms with Crippen molar-refractivity contribution in [3.8, 4) is 0 Å². The van der Waals surface area contributed by atoms with Crippen LogP contribution in [0.4, 0.5) is 15.8 Å². The second-order valence-electron chi connectivity index (χ2n) is 5.71. The van der Waals surface area contributed by atoms with Crippen molar-refractivity contribution in [3.63, 3.8) is 0 Å². The molecule has 0 bridgehead atoms. The molecule has 1 aromatic carbocycles. The first-order valence-electron chi connectivity index (χ1n) is 7.04. The fourth-order valence-electron chi connectivity index (χ4n) is 2.95. The van der Waals surface area contributed by atoms with Gasteiger partial charge < -0.3 is 11.1 Å². The first-order valence-corrected chi connectivity index (χ1v) is 7.42. The Morgan fingerprint density at radius 1 is 1.42 bits per heavy atom. The molecule has 0 radical (unpaired) electrons. The minimum Gasteiger partial charge on any atom is -0.397 e. The van der Waals surface area contributed by atoms with E-state index < -0.39 is 5.82 Å². The number of anilines is 2. The van der Waals surface area contributed by atoms with Crippen LogP contribution in [0.15, 0.2) is 12.1 Å². The molecule has 3 N–H and O–H groups in total. The van der Waals surface area contributed by atoms with Gasteiger partial charge in [0, 0.05) is 12.6 Å². The van der Waals surface area contributed by atoms with Gasteiger partial charge in [-0.15, -0.1) is 0 Å². The van der Waals surface area contributed by atoms with Crippen molar-refractivity contribution in [2.45, 2.75) is 39.0 Å². The molecule has 0 heterocycles. The van der Waals surface area contributed by atoms with Gasteiger partial charge in [-0.25, -0.2) is 4.39 Å². The van der Waals surface area contributed by atoms with Gasteiger partial charge in [-0.3, -0.25) is 0 Å². The lowest BCUT2D eigenvalue weighted by atomic mass is 9.81. The van der Waals surface area contributed by atoms with E-state index in [-0.39, 0.29) is 5.02 Å². The molecule has 2 atom stereocenters. The molecule has 0 spiro atoms. The minimum atomic E-state index is -0.467. The van der Waals surface area contributed by atoms with Gasteiger partial charge >= 0.3 is 0 Å². The lowest BCUT2D eigenvalue weighted by molar-refractivity contribution is 0.274. The monoisotopic (exact) mass is 284 g/mol. The predicted octanol–water partition coefficient (Wildman–Crippen LogP) is 4.69. The van der Waals surface area contributed by atoms with Gasteiger partial charge in [0.1, 0.15) is 5.82 Å². The summed E-state index contributed by atoms with van der Waals surface area (Å²) >= 11 is 5.76. The Hall–Kier alpha value is -0.960. The topological polar surface area (TPSA) is 38.0 Å². The molecule has 1 saturated carbocycles. The third-order valence-corrected chi connectivity index (χ3v) is 4.30. The molecule has 1 aliphatic rings. The Bertz CT molecular complexity index is 436. The molecule has 1 aliphatic carbocycles.